The molecule has 0 unspecified atom stereocenters. The summed E-state index contributed by atoms with van der Waals surface area (Å²) in [5.74, 6) is 0. The van der Waals surface area contributed by atoms with E-state index in [0.717, 1.165) is 71.0 Å². The maximum Gasteiger partial charge on any atom is 0.0514 e. The lowest BCUT2D eigenvalue weighted by Gasteiger charge is -2.18. The smallest absolute Gasteiger partial charge is 0.0514 e. The predicted octanol–water partition coefficient (Wildman–Crippen LogP) is 8.44. The number of unbranched alkanes of at least 4 members (excludes halogenated alkanes) is 11. The molecule has 46 heavy (non-hydrogen) atoms. The highest BCUT2D eigenvalue weighted by molar-refractivity contribution is 5.84. The summed E-state index contributed by atoms with van der Waals surface area (Å²) >= 11 is 0. The van der Waals surface area contributed by atoms with Gasteiger partial charge >= 0.3 is 0 Å². The van der Waals surface area contributed by atoms with Crippen LogP contribution < -0.4 is 21.3 Å². The third kappa shape index (κ3) is 31.0. The third-order valence-electron chi connectivity index (χ3n) is 8.29. The van der Waals surface area contributed by atoms with Crippen molar-refractivity contribution in [1.82, 2.24) is 21.3 Å². The van der Waals surface area contributed by atoms with E-state index in [-0.39, 0.29) is 0 Å². The quantitative estimate of drug-likeness (QED) is 0.0503. The molecule has 0 bridgehead atoms. The minimum absolute atomic E-state index is 0.414. The Kier molecular flexibility index (Phi) is 26.2. The normalized spacial score (nSPS) is 12.7. The van der Waals surface area contributed by atoms with E-state index < -0.39 is 0 Å². The van der Waals surface area contributed by atoms with Crippen molar-refractivity contribution in [2.45, 2.75) is 131 Å². The molecule has 0 atom stereocenters. The first-order chi connectivity index (χ1) is 22.2. The second-order valence-corrected chi connectivity index (χ2v) is 15.6. The van der Waals surface area contributed by atoms with Crippen molar-refractivity contribution in [1.29, 1.82) is 0 Å². The second-order valence-electron chi connectivity index (χ2n) is 15.6. The van der Waals surface area contributed by atoms with E-state index in [1.54, 1.807) is 0 Å². The molecule has 6 nitrogen and oxygen atoms in total. The van der Waals surface area contributed by atoms with E-state index in [9.17, 15) is 0 Å². The Bertz CT molecular complexity index is 779. The molecule has 0 amide bonds. The van der Waals surface area contributed by atoms with Crippen LogP contribution in [-0.2, 0) is 0 Å². The molecule has 0 fully saturated rings. The monoisotopic (exact) mass is 641 g/mol. The number of rotatable bonds is 30. The van der Waals surface area contributed by atoms with Crippen LogP contribution in [-0.4, -0.2) is 77.9 Å². The highest BCUT2D eigenvalue weighted by Crippen LogP contribution is 2.22. The number of nitrogens with zero attached hydrogens (tertiary/aromatic N) is 2. The van der Waals surface area contributed by atoms with Gasteiger partial charge in [-0.25, -0.2) is 0 Å². The zero-order valence-corrected chi connectivity index (χ0v) is 31.3. The molecule has 1 rings (SSSR count). The van der Waals surface area contributed by atoms with E-state index >= 15 is 0 Å². The molecule has 0 aromatic heterocycles. The summed E-state index contributed by atoms with van der Waals surface area (Å²) in [6, 6.07) is 8.54. The molecule has 4 N–H and O–H groups in total. The topological polar surface area (TPSA) is 72.8 Å². The van der Waals surface area contributed by atoms with Crippen LogP contribution >= 0.6 is 0 Å². The molecule has 6 heteroatoms. The highest BCUT2D eigenvalue weighted by atomic mass is 15.0. The lowest BCUT2D eigenvalue weighted by Crippen LogP contribution is -2.35. The van der Waals surface area contributed by atoms with E-state index in [1.165, 1.54) is 95.5 Å². The molecule has 266 valence electrons. The van der Waals surface area contributed by atoms with E-state index in [0.29, 0.717) is 10.8 Å². The average molecular weight is 641 g/mol. The van der Waals surface area contributed by atoms with Crippen LogP contribution in [0.25, 0.3) is 0 Å². The Morgan fingerprint density at radius 3 is 1.20 bits per heavy atom. The Labute approximate surface area is 286 Å². The molecule has 0 saturated heterocycles. The Morgan fingerprint density at radius 1 is 0.413 bits per heavy atom. The summed E-state index contributed by atoms with van der Waals surface area (Å²) in [4.78, 5) is 9.22. The van der Waals surface area contributed by atoms with Gasteiger partial charge in [0, 0.05) is 64.8 Å². The molecule has 0 spiro atoms. The molecular weight excluding hydrogens is 564 g/mol. The number of benzene rings is 1. The molecule has 0 aliphatic heterocycles. The van der Waals surface area contributed by atoms with Gasteiger partial charge < -0.3 is 21.3 Å². The average Bonchev–Trinajstić information content (AvgIpc) is 3.00. The summed E-state index contributed by atoms with van der Waals surface area (Å²) in [6.45, 7) is 23.7. The molecule has 0 radical (unpaired) electrons. The van der Waals surface area contributed by atoms with Gasteiger partial charge in [-0.15, -0.1) is 0 Å². The van der Waals surface area contributed by atoms with Crippen LogP contribution in [0.1, 0.15) is 143 Å². The summed E-state index contributed by atoms with van der Waals surface area (Å²) < 4.78 is 0. The SMILES string of the molecule is CC(C)(C)CCCCCCCCCCCCCCN=Cc1ccc(C=NCCNCCNCCNCCNCCC(C)(C)C)cc1. The van der Waals surface area contributed by atoms with Gasteiger partial charge in [-0.2, -0.15) is 0 Å². The first kappa shape index (κ1) is 42.4. The van der Waals surface area contributed by atoms with Gasteiger partial charge in [0.2, 0.25) is 0 Å². The third-order valence-corrected chi connectivity index (χ3v) is 8.29. The second kappa shape index (κ2) is 28.4. The van der Waals surface area contributed by atoms with E-state index in [1.807, 2.05) is 12.4 Å². The van der Waals surface area contributed by atoms with Gasteiger partial charge in [0.1, 0.15) is 0 Å². The molecule has 1 aromatic rings. The van der Waals surface area contributed by atoms with Crippen molar-refractivity contribution in [2.24, 2.45) is 20.8 Å². The fourth-order valence-corrected chi connectivity index (χ4v) is 5.27. The van der Waals surface area contributed by atoms with Crippen molar-refractivity contribution >= 4 is 12.4 Å². The van der Waals surface area contributed by atoms with Crippen LogP contribution in [0.4, 0.5) is 0 Å². The largest absolute Gasteiger partial charge is 0.315 e. The van der Waals surface area contributed by atoms with Crippen LogP contribution in [0.15, 0.2) is 34.3 Å². The highest BCUT2D eigenvalue weighted by Gasteiger charge is 2.09. The summed E-state index contributed by atoms with van der Waals surface area (Å²) in [5, 5.41) is 13.9. The zero-order chi connectivity index (χ0) is 33.6. The summed E-state index contributed by atoms with van der Waals surface area (Å²) in [5.41, 5.74) is 3.24. The van der Waals surface area contributed by atoms with Gasteiger partial charge in [0.05, 0.1) is 6.54 Å². The lowest BCUT2D eigenvalue weighted by molar-refractivity contribution is 0.356. The van der Waals surface area contributed by atoms with Crippen LogP contribution in [0.5, 0.6) is 0 Å². The fraction of sp³-hybridized carbons (Fsp3) is 0.800. The van der Waals surface area contributed by atoms with Crippen LogP contribution in [0.2, 0.25) is 0 Å². The van der Waals surface area contributed by atoms with E-state index in [4.69, 9.17) is 0 Å². The van der Waals surface area contributed by atoms with Crippen LogP contribution in [0, 0.1) is 10.8 Å². The minimum atomic E-state index is 0.414. The van der Waals surface area contributed by atoms with Gasteiger partial charge in [-0.05, 0) is 47.8 Å². The molecule has 1 aromatic carbocycles. The standard InChI is InChI=1S/C40H76N6/c1-39(2,3)23-17-15-13-11-9-7-8-10-12-14-16-18-25-45-35-37-19-21-38(22-20-37)36-46-34-33-44-32-31-43-30-29-42-28-27-41-26-24-40(4,5)6/h19-22,35-36,41-44H,7-18,23-34H2,1-6H3. The Morgan fingerprint density at radius 2 is 0.761 bits per heavy atom. The summed E-state index contributed by atoms with van der Waals surface area (Å²) in [7, 11) is 0. The minimum Gasteiger partial charge on any atom is -0.315 e. The predicted molar refractivity (Wildman–Crippen MR) is 206 cm³/mol. The Balaban J connectivity index is 1.88. The van der Waals surface area contributed by atoms with E-state index in [2.05, 4.69) is 97.1 Å². The van der Waals surface area contributed by atoms with Crippen molar-refractivity contribution in [3.05, 3.63) is 35.4 Å². The number of hydrogen-bond donors (Lipinski definition) is 4. The van der Waals surface area contributed by atoms with Gasteiger partial charge in [-0.1, -0.05) is 136 Å². The van der Waals surface area contributed by atoms with Gasteiger partial charge in [-0.3, -0.25) is 9.98 Å². The van der Waals surface area contributed by atoms with Crippen molar-refractivity contribution in [2.75, 3.05) is 65.4 Å². The maximum atomic E-state index is 4.65. The number of aliphatic imine (C=N–C) groups is 2. The van der Waals surface area contributed by atoms with Crippen LogP contribution in [0.3, 0.4) is 0 Å². The van der Waals surface area contributed by atoms with Gasteiger partial charge in [0.25, 0.3) is 0 Å². The maximum absolute atomic E-state index is 4.65. The first-order valence-corrected chi connectivity index (χ1v) is 19.1. The molecule has 0 heterocycles. The molecule has 0 aliphatic rings. The Hall–Kier alpha value is -1.60. The molecule has 0 saturated carbocycles. The number of nitrogens with one attached hydrogen (secondary N) is 4. The molecule has 0 aliphatic carbocycles. The summed E-state index contributed by atoms with van der Waals surface area (Å²) in [6.07, 6.45) is 23.2. The number of hydrogen-bond acceptors (Lipinski definition) is 6. The molecular formula is C40H76N6. The zero-order valence-electron chi connectivity index (χ0n) is 31.3. The fourth-order valence-electron chi connectivity index (χ4n) is 5.27. The van der Waals surface area contributed by atoms with Crippen molar-refractivity contribution < 1.29 is 0 Å². The first-order valence-electron chi connectivity index (χ1n) is 19.1. The lowest BCUT2D eigenvalue weighted by atomic mass is 9.89. The van der Waals surface area contributed by atoms with Crippen molar-refractivity contribution in [3.63, 3.8) is 0 Å². The van der Waals surface area contributed by atoms with Crippen molar-refractivity contribution in [3.8, 4) is 0 Å². The van der Waals surface area contributed by atoms with Gasteiger partial charge in [0.15, 0.2) is 0 Å².